The van der Waals surface area contributed by atoms with Crippen LogP contribution in [-0.4, -0.2) is 65.2 Å². The van der Waals surface area contributed by atoms with E-state index in [0.29, 0.717) is 34.1 Å². The van der Waals surface area contributed by atoms with Crippen LogP contribution in [0, 0.1) is 6.92 Å². The molecule has 0 N–H and O–H groups in total. The van der Waals surface area contributed by atoms with Gasteiger partial charge in [0.05, 0.1) is 29.4 Å². The lowest BCUT2D eigenvalue weighted by atomic mass is 10.0. The Labute approximate surface area is 169 Å². The smallest absolute Gasteiger partial charge is 0.259 e. The third-order valence-corrected chi connectivity index (χ3v) is 6.11. The van der Waals surface area contributed by atoms with E-state index in [4.69, 9.17) is 9.26 Å². The minimum atomic E-state index is 0.0324. The van der Waals surface area contributed by atoms with E-state index >= 15 is 0 Å². The number of amides is 1. The van der Waals surface area contributed by atoms with Crippen LogP contribution in [0.25, 0.3) is 22.4 Å². The van der Waals surface area contributed by atoms with Gasteiger partial charge in [-0.25, -0.2) is 4.98 Å². The van der Waals surface area contributed by atoms with Crippen molar-refractivity contribution < 1.29 is 14.1 Å². The van der Waals surface area contributed by atoms with Gasteiger partial charge in [-0.2, -0.15) is 0 Å². The van der Waals surface area contributed by atoms with E-state index in [9.17, 15) is 4.79 Å². The van der Waals surface area contributed by atoms with Crippen molar-refractivity contribution in [1.29, 1.82) is 0 Å². The quantitative estimate of drug-likeness (QED) is 0.682. The normalized spacial score (nSPS) is 19.5. The molecule has 2 saturated heterocycles. The van der Waals surface area contributed by atoms with E-state index in [1.807, 2.05) is 42.2 Å². The van der Waals surface area contributed by atoms with Gasteiger partial charge < -0.3 is 14.2 Å². The summed E-state index contributed by atoms with van der Waals surface area (Å²) >= 11 is 0. The highest BCUT2D eigenvalue weighted by Gasteiger charge is 2.34. The number of piperazine rings is 1. The van der Waals surface area contributed by atoms with Gasteiger partial charge in [-0.05, 0) is 56.6 Å². The molecule has 7 nitrogen and oxygen atoms in total. The van der Waals surface area contributed by atoms with Crippen molar-refractivity contribution in [2.45, 2.75) is 25.8 Å². The molecule has 1 atom stereocenters. The molecule has 0 aliphatic carbocycles. The van der Waals surface area contributed by atoms with Crippen LogP contribution >= 0.6 is 0 Å². The Morgan fingerprint density at radius 1 is 1.21 bits per heavy atom. The zero-order chi connectivity index (χ0) is 20.0. The zero-order valence-electron chi connectivity index (χ0n) is 16.7. The standard InChI is InChI=1S/C22H24N4O3/c1-14-20-18(22(27)26-11-10-25-9-3-4-16(25)13-26)12-19(23-21(20)29-24-14)15-5-7-17(28-2)8-6-15/h5-8,12,16H,3-4,9-11,13H2,1-2H3. The van der Waals surface area contributed by atoms with Crippen LogP contribution in [0.1, 0.15) is 28.9 Å². The second kappa shape index (κ2) is 7.15. The molecular formula is C22H24N4O3. The molecule has 150 valence electrons. The summed E-state index contributed by atoms with van der Waals surface area (Å²) in [6.45, 7) is 5.48. The fourth-order valence-corrected chi connectivity index (χ4v) is 4.52. The molecule has 2 aliphatic heterocycles. The number of aryl methyl sites for hydroxylation is 1. The Morgan fingerprint density at radius 3 is 2.83 bits per heavy atom. The molecule has 0 saturated carbocycles. The third-order valence-electron chi connectivity index (χ3n) is 6.11. The summed E-state index contributed by atoms with van der Waals surface area (Å²) in [5.74, 6) is 0.807. The van der Waals surface area contributed by atoms with Gasteiger partial charge in [0, 0.05) is 31.2 Å². The number of carbonyl (C=O) groups is 1. The highest BCUT2D eigenvalue weighted by atomic mass is 16.5. The average molecular weight is 392 g/mol. The largest absolute Gasteiger partial charge is 0.497 e. The van der Waals surface area contributed by atoms with E-state index in [-0.39, 0.29) is 5.91 Å². The topological polar surface area (TPSA) is 71.7 Å². The molecule has 0 radical (unpaired) electrons. The molecule has 2 aromatic heterocycles. The number of carbonyl (C=O) groups excluding carboxylic acids is 1. The van der Waals surface area contributed by atoms with E-state index in [1.54, 1.807) is 7.11 Å². The van der Waals surface area contributed by atoms with Crippen LogP contribution in [0.4, 0.5) is 0 Å². The molecule has 1 unspecified atom stereocenters. The highest BCUT2D eigenvalue weighted by Crippen LogP contribution is 2.30. The number of aromatic nitrogens is 2. The Morgan fingerprint density at radius 2 is 2.03 bits per heavy atom. The SMILES string of the molecule is COc1ccc(-c2cc(C(=O)N3CCN4CCCC4C3)c3c(C)noc3n2)cc1. The molecule has 7 heteroatoms. The first kappa shape index (κ1) is 18.1. The lowest BCUT2D eigenvalue weighted by Gasteiger charge is -2.37. The van der Waals surface area contributed by atoms with Crippen molar-refractivity contribution in [2.24, 2.45) is 0 Å². The first-order chi connectivity index (χ1) is 14.1. The van der Waals surface area contributed by atoms with Crippen molar-refractivity contribution in [3.05, 3.63) is 41.6 Å². The number of ether oxygens (including phenoxy) is 1. The van der Waals surface area contributed by atoms with Crippen molar-refractivity contribution in [1.82, 2.24) is 19.9 Å². The third kappa shape index (κ3) is 3.15. The summed E-state index contributed by atoms with van der Waals surface area (Å²) in [7, 11) is 1.64. The minimum absolute atomic E-state index is 0.0324. The summed E-state index contributed by atoms with van der Waals surface area (Å²) in [4.78, 5) is 22.6. The number of nitrogens with zero attached hydrogens (tertiary/aromatic N) is 4. The van der Waals surface area contributed by atoms with Crippen molar-refractivity contribution in [3.8, 4) is 17.0 Å². The lowest BCUT2D eigenvalue weighted by Crippen LogP contribution is -2.52. The molecule has 2 aliphatic rings. The monoisotopic (exact) mass is 392 g/mol. The molecule has 4 heterocycles. The summed E-state index contributed by atoms with van der Waals surface area (Å²) in [5, 5.41) is 4.77. The van der Waals surface area contributed by atoms with Crippen LogP contribution in [0.5, 0.6) is 5.75 Å². The Kier molecular flexibility index (Phi) is 4.47. The summed E-state index contributed by atoms with van der Waals surface area (Å²) < 4.78 is 10.7. The number of pyridine rings is 1. The van der Waals surface area contributed by atoms with Crippen molar-refractivity contribution >= 4 is 17.0 Å². The molecule has 0 spiro atoms. The van der Waals surface area contributed by atoms with Crippen molar-refractivity contribution in [2.75, 3.05) is 33.3 Å². The first-order valence-electron chi connectivity index (χ1n) is 10.1. The Bertz CT molecular complexity index is 1060. The van der Waals surface area contributed by atoms with Crippen LogP contribution in [-0.2, 0) is 0 Å². The van der Waals surface area contributed by atoms with Gasteiger partial charge in [-0.1, -0.05) is 5.16 Å². The number of hydrogen-bond donors (Lipinski definition) is 0. The molecule has 0 bridgehead atoms. The summed E-state index contributed by atoms with van der Waals surface area (Å²) in [6, 6.07) is 9.98. The molecule has 2 fully saturated rings. The fourth-order valence-electron chi connectivity index (χ4n) is 4.52. The maximum Gasteiger partial charge on any atom is 0.259 e. The molecule has 3 aromatic rings. The Hall–Kier alpha value is -2.93. The average Bonchev–Trinajstić information content (AvgIpc) is 3.38. The van der Waals surface area contributed by atoms with E-state index in [2.05, 4.69) is 15.0 Å². The summed E-state index contributed by atoms with van der Waals surface area (Å²) in [6.07, 6.45) is 2.39. The van der Waals surface area contributed by atoms with Crippen LogP contribution in [0.2, 0.25) is 0 Å². The van der Waals surface area contributed by atoms with Gasteiger partial charge in [0.2, 0.25) is 0 Å². The summed E-state index contributed by atoms with van der Waals surface area (Å²) in [5.41, 5.74) is 3.30. The van der Waals surface area contributed by atoms with E-state index < -0.39 is 0 Å². The van der Waals surface area contributed by atoms with Gasteiger partial charge in [0.25, 0.3) is 11.6 Å². The van der Waals surface area contributed by atoms with Crippen LogP contribution in [0.15, 0.2) is 34.9 Å². The van der Waals surface area contributed by atoms with E-state index in [1.165, 1.54) is 12.8 Å². The molecular weight excluding hydrogens is 368 g/mol. The number of methoxy groups -OCH3 is 1. The number of fused-ring (bicyclic) bond motifs is 2. The molecule has 5 rings (SSSR count). The van der Waals surface area contributed by atoms with Gasteiger partial charge in [-0.3, -0.25) is 9.69 Å². The predicted octanol–water partition coefficient (Wildman–Crippen LogP) is 3.13. The Balaban J connectivity index is 1.54. The lowest BCUT2D eigenvalue weighted by molar-refractivity contribution is 0.0573. The van der Waals surface area contributed by atoms with Crippen LogP contribution in [0.3, 0.4) is 0 Å². The highest BCUT2D eigenvalue weighted by molar-refractivity contribution is 6.07. The van der Waals surface area contributed by atoms with Crippen LogP contribution < -0.4 is 4.74 Å². The number of hydrogen-bond acceptors (Lipinski definition) is 6. The maximum absolute atomic E-state index is 13.5. The number of benzene rings is 1. The number of rotatable bonds is 3. The van der Waals surface area contributed by atoms with E-state index in [0.717, 1.165) is 37.5 Å². The van der Waals surface area contributed by atoms with Gasteiger partial charge >= 0.3 is 0 Å². The zero-order valence-corrected chi connectivity index (χ0v) is 16.7. The molecule has 1 amide bonds. The van der Waals surface area contributed by atoms with Gasteiger partial charge in [-0.15, -0.1) is 0 Å². The first-order valence-corrected chi connectivity index (χ1v) is 10.1. The van der Waals surface area contributed by atoms with Gasteiger partial charge in [0.15, 0.2) is 0 Å². The van der Waals surface area contributed by atoms with Gasteiger partial charge in [0.1, 0.15) is 5.75 Å². The fraction of sp³-hybridized carbons (Fsp3) is 0.409. The predicted molar refractivity (Wildman–Crippen MR) is 109 cm³/mol. The molecule has 1 aromatic carbocycles. The molecule has 29 heavy (non-hydrogen) atoms. The minimum Gasteiger partial charge on any atom is -0.497 e. The van der Waals surface area contributed by atoms with Crippen molar-refractivity contribution in [3.63, 3.8) is 0 Å². The maximum atomic E-state index is 13.5. The second-order valence-corrected chi connectivity index (χ2v) is 7.81. The second-order valence-electron chi connectivity index (χ2n) is 7.81.